The van der Waals surface area contributed by atoms with Gasteiger partial charge in [-0.25, -0.2) is 14.4 Å². The van der Waals surface area contributed by atoms with Crippen molar-refractivity contribution >= 4 is 11.6 Å². The molecular formula is C12H6ClFN2. The Hall–Kier alpha value is -1.92. The topological polar surface area (TPSA) is 25.8 Å². The number of nitrogens with zero attached hydrogens (tertiary/aromatic N) is 2. The van der Waals surface area contributed by atoms with Crippen LogP contribution >= 0.6 is 11.6 Å². The average Bonchev–Trinajstić information content (AvgIpc) is 2.28. The van der Waals surface area contributed by atoms with Gasteiger partial charge in [0.2, 0.25) is 5.28 Å². The Morgan fingerprint density at radius 2 is 1.75 bits per heavy atom. The lowest BCUT2D eigenvalue weighted by atomic mass is 10.2. The molecule has 2 aromatic rings. The molecule has 4 heteroatoms. The summed E-state index contributed by atoms with van der Waals surface area (Å²) in [5, 5.41) is 0.177. The van der Waals surface area contributed by atoms with Gasteiger partial charge in [0.15, 0.2) is 0 Å². The first-order valence-corrected chi connectivity index (χ1v) is 4.87. The molecule has 0 amide bonds. The molecule has 2 rings (SSSR count). The fourth-order valence-electron chi connectivity index (χ4n) is 1.09. The number of hydrogen-bond donors (Lipinski definition) is 0. The summed E-state index contributed by atoms with van der Waals surface area (Å²) in [6.45, 7) is 0. The van der Waals surface area contributed by atoms with Crippen molar-refractivity contribution in [1.29, 1.82) is 0 Å². The van der Waals surface area contributed by atoms with Crippen LogP contribution in [0.2, 0.25) is 5.28 Å². The molecule has 78 valence electrons. The van der Waals surface area contributed by atoms with Crippen molar-refractivity contribution in [3.05, 3.63) is 58.9 Å². The van der Waals surface area contributed by atoms with Crippen LogP contribution in [-0.4, -0.2) is 9.97 Å². The van der Waals surface area contributed by atoms with Crippen LogP contribution in [0.1, 0.15) is 11.1 Å². The monoisotopic (exact) mass is 232 g/mol. The highest BCUT2D eigenvalue weighted by Crippen LogP contribution is 2.03. The van der Waals surface area contributed by atoms with Gasteiger partial charge in [-0.3, -0.25) is 0 Å². The lowest BCUT2D eigenvalue weighted by Gasteiger charge is -1.90. The fourth-order valence-corrected chi connectivity index (χ4v) is 1.18. The predicted octanol–water partition coefficient (Wildman–Crippen LogP) is 2.67. The number of rotatable bonds is 0. The van der Waals surface area contributed by atoms with Gasteiger partial charge in [-0.05, 0) is 29.8 Å². The first kappa shape index (κ1) is 10.6. The van der Waals surface area contributed by atoms with Crippen molar-refractivity contribution in [2.45, 2.75) is 0 Å². The van der Waals surface area contributed by atoms with Crippen LogP contribution in [0, 0.1) is 17.7 Å². The van der Waals surface area contributed by atoms with E-state index in [0.29, 0.717) is 11.1 Å². The third-order valence-electron chi connectivity index (χ3n) is 1.80. The summed E-state index contributed by atoms with van der Waals surface area (Å²) in [6, 6.07) is 6.07. The molecule has 16 heavy (non-hydrogen) atoms. The van der Waals surface area contributed by atoms with E-state index in [2.05, 4.69) is 21.8 Å². The summed E-state index contributed by atoms with van der Waals surface area (Å²) in [4.78, 5) is 7.57. The summed E-state index contributed by atoms with van der Waals surface area (Å²) in [5.41, 5.74) is 1.24. The number of benzene rings is 1. The predicted molar refractivity (Wildman–Crippen MR) is 59.4 cm³/mol. The second kappa shape index (κ2) is 4.73. The third-order valence-corrected chi connectivity index (χ3v) is 1.99. The number of halogens is 2. The van der Waals surface area contributed by atoms with Gasteiger partial charge in [-0.15, -0.1) is 0 Å². The van der Waals surface area contributed by atoms with Gasteiger partial charge in [0, 0.05) is 18.0 Å². The zero-order valence-electron chi connectivity index (χ0n) is 8.11. The molecule has 0 aliphatic rings. The van der Waals surface area contributed by atoms with E-state index in [1.54, 1.807) is 12.1 Å². The first-order valence-electron chi connectivity index (χ1n) is 4.49. The van der Waals surface area contributed by atoms with Gasteiger partial charge in [0.25, 0.3) is 0 Å². The van der Waals surface area contributed by atoms with Gasteiger partial charge < -0.3 is 0 Å². The lowest BCUT2D eigenvalue weighted by Crippen LogP contribution is -1.83. The second-order valence-electron chi connectivity index (χ2n) is 3.00. The molecule has 0 radical (unpaired) electrons. The van der Waals surface area contributed by atoms with E-state index in [9.17, 15) is 4.39 Å². The fraction of sp³-hybridized carbons (Fsp3) is 0. The molecule has 2 nitrogen and oxygen atoms in total. The number of aromatic nitrogens is 2. The largest absolute Gasteiger partial charge is 0.225 e. The van der Waals surface area contributed by atoms with Crippen LogP contribution in [0.3, 0.4) is 0 Å². The van der Waals surface area contributed by atoms with Gasteiger partial charge in [0.05, 0.1) is 5.56 Å². The Labute approximate surface area is 97.1 Å². The maximum atomic E-state index is 12.8. The summed E-state index contributed by atoms with van der Waals surface area (Å²) in [5.74, 6) is 5.32. The number of hydrogen-bond acceptors (Lipinski definition) is 2. The van der Waals surface area contributed by atoms with Gasteiger partial charge in [-0.2, -0.15) is 0 Å². The van der Waals surface area contributed by atoms with E-state index in [-0.39, 0.29) is 11.1 Å². The summed E-state index contributed by atoms with van der Waals surface area (Å²) in [6.07, 6.45) is 3.03. The van der Waals surface area contributed by atoms with Crippen molar-refractivity contribution in [3.63, 3.8) is 0 Å². The van der Waals surface area contributed by atoms with Crippen molar-refractivity contribution < 1.29 is 4.39 Å². The molecule has 1 heterocycles. The normalized spacial score (nSPS) is 9.38. The van der Waals surface area contributed by atoms with E-state index >= 15 is 0 Å². The van der Waals surface area contributed by atoms with Gasteiger partial charge >= 0.3 is 0 Å². The molecule has 0 spiro atoms. The van der Waals surface area contributed by atoms with Crippen molar-refractivity contribution in [2.24, 2.45) is 0 Å². The summed E-state index contributed by atoms with van der Waals surface area (Å²) < 4.78 is 12.8. The van der Waals surface area contributed by atoms with Gasteiger partial charge in [-0.1, -0.05) is 17.9 Å². The molecule has 0 fully saturated rings. The molecule has 0 N–H and O–H groups in total. The molecule has 0 unspecified atom stereocenters. The molecule has 0 aliphatic carbocycles. The highest BCUT2D eigenvalue weighted by atomic mass is 35.5. The SMILES string of the molecule is Fc1cccc(C#Cc2cnc(Cl)nc2)c1. The van der Waals surface area contributed by atoms with Crippen molar-refractivity contribution in [3.8, 4) is 11.8 Å². The Bertz CT molecular complexity index is 555. The molecule has 1 aromatic heterocycles. The molecule has 0 saturated heterocycles. The second-order valence-corrected chi connectivity index (χ2v) is 3.34. The molecule has 0 bridgehead atoms. The maximum absolute atomic E-state index is 12.8. The zero-order valence-corrected chi connectivity index (χ0v) is 8.87. The molecule has 0 atom stereocenters. The van der Waals surface area contributed by atoms with E-state index < -0.39 is 0 Å². The van der Waals surface area contributed by atoms with E-state index in [1.807, 2.05) is 0 Å². The van der Waals surface area contributed by atoms with Crippen LogP contribution < -0.4 is 0 Å². The maximum Gasteiger partial charge on any atom is 0.222 e. The van der Waals surface area contributed by atoms with Gasteiger partial charge in [0.1, 0.15) is 5.82 Å². The van der Waals surface area contributed by atoms with E-state index in [0.717, 1.165) is 0 Å². The molecule has 0 aliphatic heterocycles. The first-order chi connectivity index (χ1) is 7.74. The summed E-state index contributed by atoms with van der Waals surface area (Å²) >= 11 is 5.53. The standard InChI is InChI=1S/C12H6ClFN2/c13-12-15-7-10(8-16-12)5-4-9-2-1-3-11(14)6-9/h1-3,6-8H. The Kier molecular flexibility index (Phi) is 3.13. The lowest BCUT2D eigenvalue weighted by molar-refractivity contribution is 0.627. The minimum absolute atomic E-state index is 0.177. The quantitative estimate of drug-likeness (QED) is 0.516. The molecular weight excluding hydrogens is 227 g/mol. The van der Waals surface area contributed by atoms with E-state index in [4.69, 9.17) is 11.6 Å². The minimum atomic E-state index is -0.306. The zero-order chi connectivity index (χ0) is 11.4. The summed E-state index contributed by atoms with van der Waals surface area (Å²) in [7, 11) is 0. The third kappa shape index (κ3) is 2.78. The Morgan fingerprint density at radius 3 is 2.44 bits per heavy atom. The molecule has 1 aromatic carbocycles. The highest BCUT2D eigenvalue weighted by molar-refractivity contribution is 6.28. The molecule has 0 saturated carbocycles. The van der Waals surface area contributed by atoms with E-state index in [1.165, 1.54) is 24.5 Å². The van der Waals surface area contributed by atoms with Crippen LogP contribution in [0.5, 0.6) is 0 Å². The highest BCUT2D eigenvalue weighted by Gasteiger charge is 1.92. The van der Waals surface area contributed by atoms with Crippen LogP contribution in [-0.2, 0) is 0 Å². The van der Waals surface area contributed by atoms with Crippen LogP contribution in [0.4, 0.5) is 4.39 Å². The Morgan fingerprint density at radius 1 is 1.06 bits per heavy atom. The average molecular weight is 233 g/mol. The smallest absolute Gasteiger partial charge is 0.222 e. The van der Waals surface area contributed by atoms with Crippen LogP contribution in [0.15, 0.2) is 36.7 Å². The van der Waals surface area contributed by atoms with Crippen LogP contribution in [0.25, 0.3) is 0 Å². The van der Waals surface area contributed by atoms with Crippen molar-refractivity contribution in [1.82, 2.24) is 9.97 Å². The van der Waals surface area contributed by atoms with Crippen molar-refractivity contribution in [2.75, 3.05) is 0 Å². The minimum Gasteiger partial charge on any atom is -0.225 e. The Balaban J connectivity index is 2.25.